The Balaban J connectivity index is 2.90. The molecule has 0 fully saturated rings. The molecule has 3 heteroatoms. The predicted molar refractivity (Wildman–Crippen MR) is 84.6 cm³/mol. The lowest BCUT2D eigenvalue weighted by atomic mass is 9.91. The molecule has 0 aliphatic carbocycles. The molecule has 0 bridgehead atoms. The zero-order chi connectivity index (χ0) is 14.5. The highest BCUT2D eigenvalue weighted by Gasteiger charge is 2.24. The minimum absolute atomic E-state index is 0.130. The Hall–Kier alpha value is -0.570. The molecule has 0 spiro atoms. The maximum atomic E-state index is 6.32. The first-order valence-corrected chi connectivity index (χ1v) is 7.47. The predicted octanol–water partition coefficient (Wildman–Crippen LogP) is 4.10. The molecule has 1 atom stereocenters. The number of hydrogen-bond acceptors (Lipinski definition) is 2. The van der Waals surface area contributed by atoms with Gasteiger partial charge in [-0.1, -0.05) is 50.6 Å². The molecule has 0 saturated carbocycles. The van der Waals surface area contributed by atoms with Gasteiger partial charge >= 0.3 is 0 Å². The van der Waals surface area contributed by atoms with E-state index in [4.69, 9.17) is 17.3 Å². The van der Waals surface area contributed by atoms with Gasteiger partial charge in [0.25, 0.3) is 0 Å². The van der Waals surface area contributed by atoms with Crippen molar-refractivity contribution >= 4 is 11.6 Å². The Morgan fingerprint density at radius 2 is 1.95 bits per heavy atom. The quantitative estimate of drug-likeness (QED) is 0.816. The first kappa shape index (κ1) is 16.5. The number of rotatable bonds is 7. The van der Waals surface area contributed by atoms with Gasteiger partial charge in [-0.2, -0.15) is 0 Å². The second kappa shape index (κ2) is 7.28. The highest BCUT2D eigenvalue weighted by Crippen LogP contribution is 2.29. The molecule has 0 aliphatic heterocycles. The first-order chi connectivity index (χ1) is 8.91. The topological polar surface area (TPSA) is 29.3 Å². The van der Waals surface area contributed by atoms with Crippen LogP contribution in [-0.4, -0.2) is 24.5 Å². The molecule has 0 aliphatic rings. The summed E-state index contributed by atoms with van der Waals surface area (Å²) in [6, 6.07) is 8.43. The maximum absolute atomic E-state index is 6.32. The van der Waals surface area contributed by atoms with Crippen LogP contribution in [0.1, 0.15) is 45.7 Å². The minimum atomic E-state index is 0.130. The van der Waals surface area contributed by atoms with Crippen LogP contribution in [-0.2, 0) is 0 Å². The van der Waals surface area contributed by atoms with Crippen molar-refractivity contribution < 1.29 is 0 Å². The summed E-state index contributed by atoms with van der Waals surface area (Å²) in [5, 5.41) is 0.849. The van der Waals surface area contributed by atoms with E-state index in [9.17, 15) is 0 Å². The normalized spacial score (nSPS) is 13.8. The molecule has 2 nitrogen and oxygen atoms in total. The van der Waals surface area contributed by atoms with Crippen LogP contribution in [0, 0.1) is 5.41 Å². The monoisotopic (exact) mass is 282 g/mol. The summed E-state index contributed by atoms with van der Waals surface area (Å²) >= 11 is 6.32. The van der Waals surface area contributed by atoms with Gasteiger partial charge in [0, 0.05) is 17.6 Å². The average Bonchev–Trinajstić information content (AvgIpc) is 2.38. The van der Waals surface area contributed by atoms with Crippen molar-refractivity contribution in [2.24, 2.45) is 11.1 Å². The Labute approximate surface area is 122 Å². The van der Waals surface area contributed by atoms with Crippen LogP contribution in [0.3, 0.4) is 0 Å². The zero-order valence-corrected chi connectivity index (χ0v) is 13.4. The lowest BCUT2D eigenvalue weighted by Crippen LogP contribution is -2.40. The molecule has 0 amide bonds. The Bertz CT molecular complexity index is 390. The highest BCUT2D eigenvalue weighted by molar-refractivity contribution is 6.31. The molecule has 19 heavy (non-hydrogen) atoms. The van der Waals surface area contributed by atoms with Gasteiger partial charge in [-0.15, -0.1) is 0 Å². The van der Waals surface area contributed by atoms with Crippen LogP contribution in [0.25, 0.3) is 0 Å². The van der Waals surface area contributed by atoms with E-state index in [1.807, 2.05) is 12.1 Å². The minimum Gasteiger partial charge on any atom is -0.330 e. The second-order valence-electron chi connectivity index (χ2n) is 6.04. The lowest BCUT2D eigenvalue weighted by molar-refractivity contribution is 0.140. The molecule has 1 aromatic rings. The molecule has 0 radical (unpaired) electrons. The number of nitrogens with zero attached hydrogens (tertiary/aromatic N) is 1. The summed E-state index contributed by atoms with van der Waals surface area (Å²) in [5.74, 6) is 0. The molecule has 108 valence electrons. The largest absolute Gasteiger partial charge is 0.330 e. The molecular weight excluding hydrogens is 256 g/mol. The van der Waals surface area contributed by atoms with E-state index in [-0.39, 0.29) is 5.41 Å². The van der Waals surface area contributed by atoms with Gasteiger partial charge in [0.1, 0.15) is 0 Å². The van der Waals surface area contributed by atoms with Crippen molar-refractivity contribution in [3.8, 4) is 0 Å². The van der Waals surface area contributed by atoms with Crippen molar-refractivity contribution in [2.45, 2.75) is 40.2 Å². The fraction of sp³-hybridized carbons (Fsp3) is 0.625. The van der Waals surface area contributed by atoms with E-state index < -0.39 is 0 Å². The summed E-state index contributed by atoms with van der Waals surface area (Å²) in [5.41, 5.74) is 7.20. The Morgan fingerprint density at radius 1 is 1.32 bits per heavy atom. The van der Waals surface area contributed by atoms with Crippen LogP contribution >= 0.6 is 11.6 Å². The van der Waals surface area contributed by atoms with Crippen LogP contribution < -0.4 is 5.73 Å². The van der Waals surface area contributed by atoms with Crippen LogP contribution in [0.4, 0.5) is 0 Å². The molecule has 0 heterocycles. The first-order valence-electron chi connectivity index (χ1n) is 7.10. The highest BCUT2D eigenvalue weighted by atomic mass is 35.5. The van der Waals surface area contributed by atoms with Gasteiger partial charge in [-0.25, -0.2) is 0 Å². The summed E-state index contributed by atoms with van der Waals surface area (Å²) in [6.45, 7) is 11.6. The maximum Gasteiger partial charge on any atom is 0.0453 e. The number of halogens is 1. The molecule has 0 saturated heterocycles. The number of hydrogen-bond donors (Lipinski definition) is 1. The molecule has 1 aromatic carbocycles. The molecular formula is C16H27ClN2. The summed E-state index contributed by atoms with van der Waals surface area (Å²) in [7, 11) is 0. The lowest BCUT2D eigenvalue weighted by Gasteiger charge is -2.36. The zero-order valence-electron chi connectivity index (χ0n) is 12.6. The van der Waals surface area contributed by atoms with E-state index in [0.717, 1.165) is 24.5 Å². The molecule has 0 aromatic heterocycles. The van der Waals surface area contributed by atoms with Crippen molar-refractivity contribution in [2.75, 3.05) is 19.6 Å². The second-order valence-corrected chi connectivity index (χ2v) is 6.44. The number of benzene rings is 1. The van der Waals surface area contributed by atoms with E-state index in [1.54, 1.807) is 0 Å². The summed E-state index contributed by atoms with van der Waals surface area (Å²) in [4.78, 5) is 2.48. The van der Waals surface area contributed by atoms with Crippen LogP contribution in [0.2, 0.25) is 5.02 Å². The fourth-order valence-corrected chi connectivity index (χ4v) is 2.62. The standard InChI is InChI=1S/C16H27ClN2/c1-5-10-19(12-16(3,4)11-18)13(2)14-8-6-7-9-15(14)17/h6-9,13H,5,10-12,18H2,1-4H3. The van der Waals surface area contributed by atoms with Crippen LogP contribution in [0.5, 0.6) is 0 Å². The molecule has 1 unspecified atom stereocenters. The Morgan fingerprint density at radius 3 is 2.47 bits per heavy atom. The van der Waals surface area contributed by atoms with Crippen molar-refractivity contribution in [1.29, 1.82) is 0 Å². The number of nitrogens with two attached hydrogens (primary N) is 1. The van der Waals surface area contributed by atoms with Crippen molar-refractivity contribution in [1.82, 2.24) is 4.90 Å². The van der Waals surface area contributed by atoms with Crippen LogP contribution in [0.15, 0.2) is 24.3 Å². The van der Waals surface area contributed by atoms with E-state index >= 15 is 0 Å². The van der Waals surface area contributed by atoms with E-state index in [0.29, 0.717) is 12.6 Å². The third kappa shape index (κ3) is 4.79. The van der Waals surface area contributed by atoms with Gasteiger partial charge in [0.05, 0.1) is 0 Å². The van der Waals surface area contributed by atoms with Crippen molar-refractivity contribution in [3.63, 3.8) is 0 Å². The third-order valence-corrected chi connectivity index (χ3v) is 3.94. The Kier molecular flexibility index (Phi) is 6.31. The smallest absolute Gasteiger partial charge is 0.0453 e. The molecule has 1 rings (SSSR count). The van der Waals surface area contributed by atoms with Gasteiger partial charge in [-0.05, 0) is 43.5 Å². The summed E-state index contributed by atoms with van der Waals surface area (Å²) < 4.78 is 0. The van der Waals surface area contributed by atoms with Gasteiger partial charge in [-0.3, -0.25) is 4.90 Å². The van der Waals surface area contributed by atoms with E-state index in [1.165, 1.54) is 5.56 Å². The SMILES string of the molecule is CCCN(CC(C)(C)CN)C(C)c1ccccc1Cl. The summed E-state index contributed by atoms with van der Waals surface area (Å²) in [6.07, 6.45) is 1.13. The van der Waals surface area contributed by atoms with Gasteiger partial charge in [0.15, 0.2) is 0 Å². The van der Waals surface area contributed by atoms with Gasteiger partial charge in [0.2, 0.25) is 0 Å². The van der Waals surface area contributed by atoms with E-state index in [2.05, 4.69) is 44.7 Å². The fourth-order valence-electron chi connectivity index (χ4n) is 2.32. The molecule has 2 N–H and O–H groups in total. The van der Waals surface area contributed by atoms with Gasteiger partial charge < -0.3 is 5.73 Å². The van der Waals surface area contributed by atoms with Crippen molar-refractivity contribution in [3.05, 3.63) is 34.9 Å². The third-order valence-electron chi connectivity index (χ3n) is 3.60. The average molecular weight is 283 g/mol.